The summed E-state index contributed by atoms with van der Waals surface area (Å²) in [5, 5.41) is 12.6. The van der Waals surface area contributed by atoms with Crippen molar-refractivity contribution in [1.82, 2.24) is 20.1 Å². The molecule has 3 aromatic rings. The van der Waals surface area contributed by atoms with E-state index in [0.717, 1.165) is 35.4 Å². The highest BCUT2D eigenvalue weighted by molar-refractivity contribution is 7.99. The monoisotopic (exact) mass is 407 g/mol. The Balaban J connectivity index is 1.46. The Morgan fingerprint density at radius 1 is 0.931 bits per heavy atom. The van der Waals surface area contributed by atoms with E-state index >= 15 is 0 Å². The van der Waals surface area contributed by atoms with Crippen LogP contribution >= 0.6 is 11.8 Å². The van der Waals surface area contributed by atoms with E-state index in [0.29, 0.717) is 12.3 Å². The lowest BCUT2D eigenvalue weighted by Gasteiger charge is -2.27. The van der Waals surface area contributed by atoms with Crippen LogP contribution in [-0.2, 0) is 11.3 Å². The predicted molar refractivity (Wildman–Crippen MR) is 116 cm³/mol. The number of carbonyl (C=O) groups excluding carboxylic acids is 1. The molecule has 0 unspecified atom stereocenters. The molecular formula is C22H25N5OS. The van der Waals surface area contributed by atoms with Gasteiger partial charge in [0.25, 0.3) is 0 Å². The number of piperidine rings is 1. The summed E-state index contributed by atoms with van der Waals surface area (Å²) in [4.78, 5) is 14.6. The van der Waals surface area contributed by atoms with Gasteiger partial charge in [-0.15, -0.1) is 10.2 Å². The molecule has 2 heterocycles. The molecule has 1 aliphatic heterocycles. The molecule has 150 valence electrons. The minimum Gasteiger partial charge on any atom is -0.351 e. The molecule has 0 bridgehead atoms. The molecule has 6 nitrogen and oxygen atoms in total. The van der Waals surface area contributed by atoms with E-state index in [1.807, 2.05) is 48.5 Å². The molecular weight excluding hydrogens is 382 g/mol. The van der Waals surface area contributed by atoms with Crippen molar-refractivity contribution in [1.29, 1.82) is 0 Å². The van der Waals surface area contributed by atoms with Gasteiger partial charge in [0, 0.05) is 19.6 Å². The summed E-state index contributed by atoms with van der Waals surface area (Å²) in [7, 11) is 0. The molecule has 1 fully saturated rings. The Hall–Kier alpha value is -2.80. The van der Waals surface area contributed by atoms with Gasteiger partial charge in [0.05, 0.1) is 11.4 Å². The number of para-hydroxylation sites is 1. The molecule has 1 N–H and O–H groups in total. The number of hydrogen-bond acceptors (Lipinski definition) is 5. The van der Waals surface area contributed by atoms with Crippen molar-refractivity contribution >= 4 is 23.6 Å². The molecule has 29 heavy (non-hydrogen) atoms. The lowest BCUT2D eigenvalue weighted by atomic mass is 10.1. The highest BCUT2D eigenvalue weighted by atomic mass is 32.2. The number of hydrogen-bond donors (Lipinski definition) is 1. The van der Waals surface area contributed by atoms with Crippen LogP contribution in [0.25, 0.3) is 5.69 Å². The Morgan fingerprint density at radius 2 is 1.62 bits per heavy atom. The van der Waals surface area contributed by atoms with Gasteiger partial charge in [-0.25, -0.2) is 0 Å². The molecule has 1 saturated heterocycles. The molecule has 1 amide bonds. The maximum absolute atomic E-state index is 12.3. The second kappa shape index (κ2) is 9.60. The SMILES string of the molecule is O=C(CSc1nnc(N2CCCCC2)n1-c1ccccc1)NCc1ccccc1. The zero-order valence-corrected chi connectivity index (χ0v) is 17.1. The van der Waals surface area contributed by atoms with Crippen molar-refractivity contribution in [2.75, 3.05) is 23.7 Å². The number of thioether (sulfide) groups is 1. The predicted octanol–water partition coefficient (Wildman–Crippen LogP) is 3.67. The lowest BCUT2D eigenvalue weighted by molar-refractivity contribution is -0.118. The fourth-order valence-corrected chi connectivity index (χ4v) is 4.21. The van der Waals surface area contributed by atoms with E-state index in [-0.39, 0.29) is 5.91 Å². The van der Waals surface area contributed by atoms with Crippen LogP contribution in [0.5, 0.6) is 0 Å². The van der Waals surface area contributed by atoms with Crippen LogP contribution < -0.4 is 10.2 Å². The van der Waals surface area contributed by atoms with Gasteiger partial charge in [-0.2, -0.15) is 0 Å². The van der Waals surface area contributed by atoms with Gasteiger partial charge < -0.3 is 10.2 Å². The van der Waals surface area contributed by atoms with E-state index in [4.69, 9.17) is 0 Å². The van der Waals surface area contributed by atoms with Gasteiger partial charge in [-0.1, -0.05) is 60.3 Å². The summed E-state index contributed by atoms with van der Waals surface area (Å²) in [6, 6.07) is 20.0. The standard InChI is InChI=1S/C22H25N5OS/c28-20(23-16-18-10-4-1-5-11-18)17-29-22-25-24-21(26-14-8-3-9-15-26)27(22)19-12-6-2-7-13-19/h1-2,4-7,10-13H,3,8-9,14-17H2,(H,23,28). The van der Waals surface area contributed by atoms with Crippen molar-refractivity contribution in [2.45, 2.75) is 31.0 Å². The number of aromatic nitrogens is 3. The second-order valence-electron chi connectivity index (χ2n) is 7.05. The first-order chi connectivity index (χ1) is 14.3. The zero-order chi connectivity index (χ0) is 19.9. The maximum Gasteiger partial charge on any atom is 0.232 e. The fraction of sp³-hybridized carbons (Fsp3) is 0.318. The molecule has 7 heteroatoms. The number of nitrogens with one attached hydrogen (secondary N) is 1. The Morgan fingerprint density at radius 3 is 2.34 bits per heavy atom. The highest BCUT2D eigenvalue weighted by Gasteiger charge is 2.21. The Labute approximate surface area is 175 Å². The summed E-state index contributed by atoms with van der Waals surface area (Å²) in [5.41, 5.74) is 2.11. The average molecular weight is 408 g/mol. The van der Waals surface area contributed by atoms with Gasteiger partial charge >= 0.3 is 0 Å². The van der Waals surface area contributed by atoms with Crippen LogP contribution in [0.3, 0.4) is 0 Å². The van der Waals surface area contributed by atoms with E-state index in [2.05, 4.69) is 37.1 Å². The number of amides is 1. The van der Waals surface area contributed by atoms with Crippen molar-refractivity contribution in [3.05, 3.63) is 66.2 Å². The fourth-order valence-electron chi connectivity index (χ4n) is 3.44. The Kier molecular flexibility index (Phi) is 6.46. The number of carbonyl (C=O) groups is 1. The van der Waals surface area contributed by atoms with Crippen LogP contribution in [0.2, 0.25) is 0 Å². The third-order valence-corrected chi connectivity index (χ3v) is 5.86. The van der Waals surface area contributed by atoms with Crippen molar-refractivity contribution < 1.29 is 4.79 Å². The summed E-state index contributed by atoms with van der Waals surface area (Å²) in [5.74, 6) is 1.15. The first-order valence-electron chi connectivity index (χ1n) is 10.0. The maximum atomic E-state index is 12.3. The van der Waals surface area contributed by atoms with Crippen LogP contribution in [0.1, 0.15) is 24.8 Å². The zero-order valence-electron chi connectivity index (χ0n) is 16.3. The van der Waals surface area contributed by atoms with E-state index < -0.39 is 0 Å². The van der Waals surface area contributed by atoms with Gasteiger partial charge in [-0.05, 0) is 37.0 Å². The average Bonchev–Trinajstić information content (AvgIpc) is 3.22. The van der Waals surface area contributed by atoms with Crippen LogP contribution in [-0.4, -0.2) is 39.5 Å². The van der Waals surface area contributed by atoms with Crippen LogP contribution in [0.15, 0.2) is 65.8 Å². The lowest BCUT2D eigenvalue weighted by Crippen LogP contribution is -2.31. The third kappa shape index (κ3) is 4.98. The highest BCUT2D eigenvalue weighted by Crippen LogP contribution is 2.28. The number of rotatable bonds is 7. The summed E-state index contributed by atoms with van der Waals surface area (Å²) in [6.45, 7) is 2.52. The largest absolute Gasteiger partial charge is 0.351 e. The molecule has 1 aliphatic rings. The van der Waals surface area contributed by atoms with Crippen molar-refractivity contribution in [2.24, 2.45) is 0 Å². The van der Waals surface area contributed by atoms with Gasteiger partial charge in [0.1, 0.15) is 0 Å². The van der Waals surface area contributed by atoms with Gasteiger partial charge in [0.2, 0.25) is 11.9 Å². The molecule has 0 spiro atoms. The normalized spacial score (nSPS) is 14.0. The summed E-state index contributed by atoms with van der Waals surface area (Å²) in [6.07, 6.45) is 3.61. The molecule has 0 radical (unpaired) electrons. The first kappa shape index (κ1) is 19.5. The summed E-state index contributed by atoms with van der Waals surface area (Å²) >= 11 is 1.42. The molecule has 4 rings (SSSR count). The molecule has 0 saturated carbocycles. The molecule has 2 aromatic carbocycles. The van der Waals surface area contributed by atoms with Crippen LogP contribution in [0, 0.1) is 0 Å². The van der Waals surface area contributed by atoms with E-state index in [9.17, 15) is 4.79 Å². The van der Waals surface area contributed by atoms with E-state index in [1.54, 1.807) is 0 Å². The smallest absolute Gasteiger partial charge is 0.232 e. The number of anilines is 1. The first-order valence-corrected chi connectivity index (χ1v) is 11.0. The molecule has 1 aromatic heterocycles. The van der Waals surface area contributed by atoms with Gasteiger partial charge in [-0.3, -0.25) is 9.36 Å². The Bertz CT molecular complexity index is 923. The van der Waals surface area contributed by atoms with Crippen LogP contribution in [0.4, 0.5) is 5.95 Å². The van der Waals surface area contributed by atoms with E-state index in [1.165, 1.54) is 31.0 Å². The quantitative estimate of drug-likeness (QED) is 0.606. The number of nitrogens with zero attached hydrogens (tertiary/aromatic N) is 4. The molecule has 0 aliphatic carbocycles. The van der Waals surface area contributed by atoms with Gasteiger partial charge in [0.15, 0.2) is 5.16 Å². The van der Waals surface area contributed by atoms with Crippen molar-refractivity contribution in [3.8, 4) is 5.69 Å². The second-order valence-corrected chi connectivity index (χ2v) is 7.99. The molecule has 0 atom stereocenters. The minimum absolute atomic E-state index is 0.0130. The number of benzene rings is 2. The third-order valence-electron chi connectivity index (χ3n) is 4.93. The minimum atomic E-state index is -0.0130. The van der Waals surface area contributed by atoms with Crippen molar-refractivity contribution in [3.63, 3.8) is 0 Å². The topological polar surface area (TPSA) is 63.1 Å². The summed E-state index contributed by atoms with van der Waals surface area (Å²) < 4.78 is 2.07.